The molecule has 2 amide bonds. The Morgan fingerprint density at radius 3 is 2.57 bits per heavy atom. The van der Waals surface area contributed by atoms with Gasteiger partial charge in [-0.15, -0.1) is 0 Å². The Morgan fingerprint density at radius 2 is 1.96 bits per heavy atom. The molecule has 1 atom stereocenters. The summed E-state index contributed by atoms with van der Waals surface area (Å²) in [5, 5.41) is 9.19. The molecule has 3 rings (SSSR count). The van der Waals surface area contributed by atoms with Crippen molar-refractivity contribution in [2.75, 3.05) is 12.0 Å². The van der Waals surface area contributed by atoms with Crippen molar-refractivity contribution in [3.8, 4) is 6.07 Å². The fourth-order valence-electron chi connectivity index (χ4n) is 2.99. The van der Waals surface area contributed by atoms with Crippen LogP contribution in [0, 0.1) is 25.2 Å². The van der Waals surface area contributed by atoms with Crippen LogP contribution in [0.5, 0.6) is 0 Å². The molecule has 7 nitrogen and oxygen atoms in total. The van der Waals surface area contributed by atoms with Crippen LogP contribution in [0.25, 0.3) is 0 Å². The number of carbonyl (C=O) groups is 3. The average molecular weight is 395 g/mol. The number of hydrogen-bond acceptors (Lipinski definition) is 7. The van der Waals surface area contributed by atoms with Crippen LogP contribution in [-0.2, 0) is 14.3 Å². The van der Waals surface area contributed by atoms with Crippen LogP contribution in [0.1, 0.15) is 33.6 Å². The Balaban J connectivity index is 1.85. The first-order chi connectivity index (χ1) is 13.3. The topological polar surface area (TPSA) is 100 Å². The molecule has 1 fully saturated rings. The van der Waals surface area contributed by atoms with Gasteiger partial charge in [-0.05, 0) is 49.7 Å². The van der Waals surface area contributed by atoms with E-state index in [0.717, 1.165) is 27.9 Å². The van der Waals surface area contributed by atoms with E-state index in [4.69, 9.17) is 0 Å². The van der Waals surface area contributed by atoms with Crippen LogP contribution in [-0.4, -0.2) is 35.1 Å². The second-order valence-corrected chi connectivity index (χ2v) is 7.48. The van der Waals surface area contributed by atoms with Gasteiger partial charge < -0.3 is 4.74 Å². The summed E-state index contributed by atoms with van der Waals surface area (Å²) in [4.78, 5) is 42.3. The first-order valence-corrected chi connectivity index (χ1v) is 9.34. The van der Waals surface area contributed by atoms with Crippen molar-refractivity contribution in [3.63, 3.8) is 0 Å². The summed E-state index contributed by atoms with van der Waals surface area (Å²) in [6.45, 7) is 3.63. The standard InChI is InChI=1S/C20H17N3O4S/c1-11-8-12(2)22-18(15(11)10-21)28-16-9-17(24)23(19(16)25)14-6-4-13(5-7-14)20(26)27-3/h4-8,16H,9H2,1-3H3. The third kappa shape index (κ3) is 3.62. The number of anilines is 1. The third-order valence-electron chi connectivity index (χ3n) is 4.33. The van der Waals surface area contributed by atoms with Gasteiger partial charge in [0.05, 0.1) is 29.2 Å². The van der Waals surface area contributed by atoms with E-state index in [1.165, 1.54) is 31.4 Å². The first-order valence-electron chi connectivity index (χ1n) is 8.46. The molecular weight excluding hydrogens is 378 g/mol. The lowest BCUT2D eigenvalue weighted by molar-refractivity contribution is -0.121. The molecule has 1 aliphatic heterocycles. The van der Waals surface area contributed by atoms with Gasteiger partial charge in [0.15, 0.2) is 0 Å². The summed E-state index contributed by atoms with van der Waals surface area (Å²) < 4.78 is 4.65. The van der Waals surface area contributed by atoms with E-state index in [9.17, 15) is 19.6 Å². The predicted octanol–water partition coefficient (Wildman–Crippen LogP) is 2.78. The number of thioether (sulfide) groups is 1. The maximum absolute atomic E-state index is 12.8. The highest BCUT2D eigenvalue weighted by molar-refractivity contribution is 8.00. The van der Waals surface area contributed by atoms with Crippen LogP contribution in [0.2, 0.25) is 0 Å². The SMILES string of the molecule is COC(=O)c1ccc(N2C(=O)CC(Sc3nc(C)cc(C)c3C#N)C2=O)cc1. The molecule has 1 saturated heterocycles. The highest BCUT2D eigenvalue weighted by atomic mass is 32.2. The van der Waals surface area contributed by atoms with Crippen molar-refractivity contribution in [2.24, 2.45) is 0 Å². The van der Waals surface area contributed by atoms with E-state index >= 15 is 0 Å². The summed E-state index contributed by atoms with van der Waals surface area (Å²) in [7, 11) is 1.28. The molecule has 0 bridgehead atoms. The number of pyridine rings is 1. The Labute approximate surface area is 166 Å². The predicted molar refractivity (Wildman–Crippen MR) is 103 cm³/mol. The summed E-state index contributed by atoms with van der Waals surface area (Å²) in [5.41, 5.74) is 2.65. The Morgan fingerprint density at radius 1 is 1.29 bits per heavy atom. The fourth-order valence-corrected chi connectivity index (χ4v) is 4.21. The van der Waals surface area contributed by atoms with Gasteiger partial charge >= 0.3 is 5.97 Å². The molecule has 0 radical (unpaired) electrons. The molecule has 0 spiro atoms. The van der Waals surface area contributed by atoms with E-state index in [0.29, 0.717) is 21.8 Å². The molecule has 2 aromatic rings. The molecule has 142 valence electrons. The van der Waals surface area contributed by atoms with Crippen LogP contribution >= 0.6 is 11.8 Å². The summed E-state index contributed by atoms with van der Waals surface area (Å²) in [6, 6.07) is 9.99. The zero-order valence-corrected chi connectivity index (χ0v) is 16.4. The van der Waals surface area contributed by atoms with Crippen molar-refractivity contribution in [2.45, 2.75) is 30.5 Å². The highest BCUT2D eigenvalue weighted by Gasteiger charge is 2.40. The van der Waals surface area contributed by atoms with Gasteiger partial charge in [-0.1, -0.05) is 11.8 Å². The Bertz CT molecular complexity index is 1010. The maximum atomic E-state index is 12.8. The summed E-state index contributed by atoms with van der Waals surface area (Å²) >= 11 is 1.13. The van der Waals surface area contributed by atoms with Gasteiger partial charge in [0.1, 0.15) is 11.1 Å². The number of carbonyl (C=O) groups excluding carboxylic acids is 3. The highest BCUT2D eigenvalue weighted by Crippen LogP contribution is 2.35. The minimum Gasteiger partial charge on any atom is -0.465 e. The molecule has 0 aliphatic carbocycles. The monoisotopic (exact) mass is 395 g/mol. The largest absolute Gasteiger partial charge is 0.465 e. The normalized spacial score (nSPS) is 16.2. The lowest BCUT2D eigenvalue weighted by Crippen LogP contribution is -2.31. The number of aryl methyl sites for hydroxylation is 2. The zero-order chi connectivity index (χ0) is 20.4. The lowest BCUT2D eigenvalue weighted by Gasteiger charge is -2.15. The molecule has 28 heavy (non-hydrogen) atoms. The molecule has 1 aromatic heterocycles. The lowest BCUT2D eigenvalue weighted by atomic mass is 10.1. The molecule has 2 heterocycles. The summed E-state index contributed by atoms with van der Waals surface area (Å²) in [6.07, 6.45) is 0.0157. The van der Waals surface area contributed by atoms with Crippen LogP contribution in [0.4, 0.5) is 5.69 Å². The van der Waals surface area contributed by atoms with Crippen LogP contribution in [0.15, 0.2) is 35.4 Å². The number of imide groups is 1. The molecule has 0 saturated carbocycles. The Hall–Kier alpha value is -3.18. The minimum atomic E-state index is -0.659. The maximum Gasteiger partial charge on any atom is 0.337 e. The smallest absolute Gasteiger partial charge is 0.337 e. The van der Waals surface area contributed by atoms with Gasteiger partial charge in [0.2, 0.25) is 11.8 Å². The molecular formula is C20H17N3O4S. The molecule has 1 aliphatic rings. The number of nitrogens with zero attached hydrogens (tertiary/aromatic N) is 3. The second kappa shape index (κ2) is 7.82. The number of hydrogen-bond donors (Lipinski definition) is 0. The average Bonchev–Trinajstić information content (AvgIpc) is 2.94. The number of esters is 1. The number of benzene rings is 1. The van der Waals surface area contributed by atoms with E-state index in [-0.39, 0.29) is 18.2 Å². The van der Waals surface area contributed by atoms with Crippen molar-refractivity contribution >= 4 is 35.2 Å². The number of ether oxygens (including phenoxy) is 1. The van der Waals surface area contributed by atoms with E-state index < -0.39 is 11.2 Å². The van der Waals surface area contributed by atoms with Gasteiger partial charge in [-0.2, -0.15) is 5.26 Å². The number of rotatable bonds is 4. The third-order valence-corrected chi connectivity index (χ3v) is 5.50. The van der Waals surface area contributed by atoms with Crippen molar-refractivity contribution < 1.29 is 19.1 Å². The zero-order valence-electron chi connectivity index (χ0n) is 15.6. The number of aromatic nitrogens is 1. The second-order valence-electron chi connectivity index (χ2n) is 6.29. The van der Waals surface area contributed by atoms with Gasteiger partial charge in [-0.25, -0.2) is 14.7 Å². The van der Waals surface area contributed by atoms with E-state index in [1.807, 2.05) is 13.8 Å². The fraction of sp³-hybridized carbons (Fsp3) is 0.250. The number of nitriles is 1. The number of amides is 2. The molecule has 1 unspecified atom stereocenters. The van der Waals surface area contributed by atoms with Gasteiger partial charge in [0.25, 0.3) is 0 Å². The first kappa shape index (κ1) is 19.6. The van der Waals surface area contributed by atoms with Crippen molar-refractivity contribution in [1.29, 1.82) is 5.26 Å². The minimum absolute atomic E-state index is 0.0157. The molecule has 1 aromatic carbocycles. The molecule has 0 N–H and O–H groups in total. The van der Waals surface area contributed by atoms with E-state index in [1.54, 1.807) is 6.07 Å². The van der Waals surface area contributed by atoms with Crippen LogP contribution < -0.4 is 4.90 Å². The quantitative estimate of drug-likeness (QED) is 0.579. The van der Waals surface area contributed by atoms with Crippen LogP contribution in [0.3, 0.4) is 0 Å². The number of methoxy groups -OCH3 is 1. The summed E-state index contributed by atoms with van der Waals surface area (Å²) in [5.74, 6) is -1.20. The van der Waals surface area contributed by atoms with Crippen molar-refractivity contribution in [3.05, 3.63) is 52.7 Å². The molecule has 8 heteroatoms. The van der Waals surface area contributed by atoms with Gasteiger partial charge in [-0.3, -0.25) is 9.59 Å². The Kier molecular flexibility index (Phi) is 5.47. The van der Waals surface area contributed by atoms with Crippen molar-refractivity contribution in [1.82, 2.24) is 4.98 Å². The van der Waals surface area contributed by atoms with E-state index in [2.05, 4.69) is 15.8 Å². The van der Waals surface area contributed by atoms with Gasteiger partial charge in [0, 0.05) is 12.1 Å².